The average Bonchev–Trinajstić information content (AvgIpc) is 3.73. The number of fused-ring (bicyclic) bond motifs is 4. The highest BCUT2D eigenvalue weighted by atomic mass is 15.1. The Morgan fingerprint density at radius 2 is 0.687 bits per heavy atom. The zero-order valence-corrected chi connectivity index (χ0v) is 36.9. The number of aromatic nitrogens is 1. The van der Waals surface area contributed by atoms with Crippen LogP contribution in [0.3, 0.4) is 0 Å². The van der Waals surface area contributed by atoms with Crippen molar-refractivity contribution < 1.29 is 0 Å². The van der Waals surface area contributed by atoms with E-state index in [1.807, 2.05) is 0 Å². The Balaban J connectivity index is 0.946. The molecular formula is C62H47N5. The number of rotatable bonds is 10. The van der Waals surface area contributed by atoms with Gasteiger partial charge in [0.05, 0.1) is 17.7 Å². The zero-order chi connectivity index (χ0) is 44.5. The highest BCUT2D eigenvalue weighted by Gasteiger charge is 2.18. The van der Waals surface area contributed by atoms with Crippen LogP contribution in [0.15, 0.2) is 249 Å². The van der Waals surface area contributed by atoms with Crippen LogP contribution in [0.2, 0.25) is 0 Å². The summed E-state index contributed by atoms with van der Waals surface area (Å²) in [6.45, 7) is 1.67. The molecule has 1 aliphatic rings. The molecule has 2 heterocycles. The van der Waals surface area contributed by atoms with E-state index in [-0.39, 0.29) is 0 Å². The van der Waals surface area contributed by atoms with Gasteiger partial charge >= 0.3 is 0 Å². The van der Waals surface area contributed by atoms with Gasteiger partial charge in [-0.2, -0.15) is 0 Å². The Labute approximate surface area is 391 Å². The molecule has 0 saturated carbocycles. The Morgan fingerprint density at radius 3 is 1.12 bits per heavy atom. The summed E-state index contributed by atoms with van der Waals surface area (Å²) in [6, 6.07) is 89.9. The summed E-state index contributed by atoms with van der Waals surface area (Å²) in [5, 5.41) is 9.30. The molecule has 0 atom stereocenters. The largest absolute Gasteiger partial charge is 0.372 e. The zero-order valence-electron chi connectivity index (χ0n) is 36.9. The van der Waals surface area contributed by atoms with Gasteiger partial charge in [-0.25, -0.2) is 0 Å². The van der Waals surface area contributed by atoms with Crippen molar-refractivity contribution in [3.8, 4) is 39.1 Å². The molecule has 0 bridgehead atoms. The maximum Gasteiger partial charge on any atom is 0.0655 e. The van der Waals surface area contributed by atoms with Crippen molar-refractivity contribution in [3.05, 3.63) is 254 Å². The third-order valence-electron chi connectivity index (χ3n) is 13.0. The van der Waals surface area contributed by atoms with Gasteiger partial charge in [0.15, 0.2) is 0 Å². The molecule has 0 radical (unpaired) electrons. The molecule has 67 heavy (non-hydrogen) atoms. The van der Waals surface area contributed by atoms with E-state index in [2.05, 4.69) is 274 Å². The van der Waals surface area contributed by atoms with E-state index < -0.39 is 0 Å². The maximum atomic E-state index is 3.45. The molecule has 0 amide bonds. The first-order valence-electron chi connectivity index (χ1n) is 23.0. The van der Waals surface area contributed by atoms with E-state index >= 15 is 0 Å². The molecule has 5 heteroatoms. The van der Waals surface area contributed by atoms with Crippen LogP contribution in [0.1, 0.15) is 5.56 Å². The molecule has 0 spiro atoms. The first kappa shape index (κ1) is 39.9. The minimum atomic E-state index is 0.797. The maximum absolute atomic E-state index is 3.45. The van der Waals surface area contributed by atoms with Crippen LogP contribution in [-0.4, -0.2) is 11.2 Å². The smallest absolute Gasteiger partial charge is 0.0655 e. The highest BCUT2D eigenvalue weighted by molar-refractivity contribution is 6.11. The quantitative estimate of drug-likeness (QED) is 0.144. The van der Waals surface area contributed by atoms with Crippen LogP contribution in [0.5, 0.6) is 0 Å². The lowest BCUT2D eigenvalue weighted by Gasteiger charge is -2.25. The second-order valence-electron chi connectivity index (χ2n) is 17.1. The van der Waals surface area contributed by atoms with E-state index in [0.717, 1.165) is 53.0 Å². The molecule has 0 saturated heterocycles. The summed E-state index contributed by atoms with van der Waals surface area (Å²) in [7, 11) is 0. The van der Waals surface area contributed by atoms with Crippen molar-refractivity contribution in [2.24, 2.45) is 0 Å². The molecule has 2 N–H and O–H groups in total. The molecule has 12 rings (SSSR count). The van der Waals surface area contributed by atoms with Crippen molar-refractivity contribution >= 4 is 61.6 Å². The molecule has 320 valence electrons. The number of hydrogen-bond donors (Lipinski definition) is 2. The Morgan fingerprint density at radius 1 is 0.328 bits per heavy atom. The average molecular weight is 862 g/mol. The second kappa shape index (κ2) is 17.4. The van der Waals surface area contributed by atoms with Crippen LogP contribution in [-0.2, 0) is 6.54 Å². The van der Waals surface area contributed by atoms with Crippen LogP contribution in [0, 0.1) is 0 Å². The first-order chi connectivity index (χ1) is 33.2. The van der Waals surface area contributed by atoms with Crippen molar-refractivity contribution in [3.63, 3.8) is 0 Å². The number of hydrogen-bond acceptors (Lipinski definition) is 4. The van der Waals surface area contributed by atoms with Gasteiger partial charge in [-0.05, 0) is 160 Å². The molecule has 0 aliphatic carbocycles. The fourth-order valence-electron chi connectivity index (χ4n) is 9.72. The van der Waals surface area contributed by atoms with Crippen molar-refractivity contribution in [1.29, 1.82) is 0 Å². The van der Waals surface area contributed by atoms with Gasteiger partial charge in [-0.1, -0.05) is 127 Å². The van der Waals surface area contributed by atoms with Gasteiger partial charge in [-0.15, -0.1) is 0 Å². The first-order valence-corrected chi connectivity index (χ1v) is 23.0. The predicted molar refractivity (Wildman–Crippen MR) is 282 cm³/mol. The number of benzene rings is 10. The van der Waals surface area contributed by atoms with Gasteiger partial charge in [0.2, 0.25) is 0 Å². The standard InChI is InChI=1S/C62H47N5/c1-5-13-51(14-6-1)65(52-15-7-2-8-16-52)55-30-21-45(22-31-55)48-28-37-61-58(40-48)59-41-49(46-23-32-56(33-24-46)66(53-17-9-3-10-18-53)54-19-11-4-12-20-54)29-38-62(59)67(61)57-34-25-44(26-35-57)47-27-36-60-50(39-47)42-63-43-64-60/h1-41,63-64H,42-43H2. The lowest BCUT2D eigenvalue weighted by atomic mass is 9.99. The van der Waals surface area contributed by atoms with Crippen LogP contribution >= 0.6 is 0 Å². The Kier molecular flexibility index (Phi) is 10.4. The van der Waals surface area contributed by atoms with E-state index in [1.165, 1.54) is 66.4 Å². The van der Waals surface area contributed by atoms with Gasteiger partial charge in [0, 0.05) is 62.8 Å². The number of nitrogens with one attached hydrogen (secondary N) is 2. The molecule has 0 unspecified atom stereocenters. The third kappa shape index (κ3) is 7.67. The van der Waals surface area contributed by atoms with Crippen LogP contribution in [0.4, 0.5) is 39.8 Å². The van der Waals surface area contributed by atoms with Gasteiger partial charge < -0.3 is 19.7 Å². The van der Waals surface area contributed by atoms with E-state index in [0.29, 0.717) is 0 Å². The summed E-state index contributed by atoms with van der Waals surface area (Å²) >= 11 is 0. The molecule has 10 aromatic carbocycles. The number of para-hydroxylation sites is 4. The van der Waals surface area contributed by atoms with E-state index in [4.69, 9.17) is 0 Å². The summed E-state index contributed by atoms with van der Waals surface area (Å²) in [6.07, 6.45) is 0. The minimum absolute atomic E-state index is 0.797. The van der Waals surface area contributed by atoms with Crippen molar-refractivity contribution in [1.82, 2.24) is 9.88 Å². The topological polar surface area (TPSA) is 35.5 Å². The lowest BCUT2D eigenvalue weighted by Crippen LogP contribution is -2.27. The molecule has 0 fully saturated rings. The van der Waals surface area contributed by atoms with E-state index in [1.54, 1.807) is 0 Å². The third-order valence-corrected chi connectivity index (χ3v) is 13.0. The minimum Gasteiger partial charge on any atom is -0.372 e. The molecule has 11 aromatic rings. The second-order valence-corrected chi connectivity index (χ2v) is 17.1. The Hall–Kier alpha value is -8.64. The van der Waals surface area contributed by atoms with Gasteiger partial charge in [0.25, 0.3) is 0 Å². The summed E-state index contributed by atoms with van der Waals surface area (Å²) in [5.74, 6) is 0. The summed E-state index contributed by atoms with van der Waals surface area (Å²) < 4.78 is 2.42. The monoisotopic (exact) mass is 861 g/mol. The fraction of sp³-hybridized carbons (Fsp3) is 0.0323. The highest BCUT2D eigenvalue weighted by Crippen LogP contribution is 2.41. The number of nitrogens with zero attached hydrogens (tertiary/aromatic N) is 3. The summed E-state index contributed by atoms with van der Waals surface area (Å²) in [4.78, 5) is 4.61. The Bertz CT molecular complexity index is 3210. The number of anilines is 7. The SMILES string of the molecule is c1ccc(N(c2ccccc2)c2ccc(-c3ccc4c(c3)c3cc(-c5ccc(N(c6ccccc6)c6ccccc6)cc5)ccc3n4-c3ccc(-c4ccc5c(c4)CNCN5)cc3)cc2)cc1. The lowest BCUT2D eigenvalue weighted by molar-refractivity contribution is 0.710. The molecular weight excluding hydrogens is 815 g/mol. The fourth-order valence-corrected chi connectivity index (χ4v) is 9.72. The normalized spacial score (nSPS) is 12.1. The summed E-state index contributed by atoms with van der Waals surface area (Å²) in [5.41, 5.74) is 19.8. The molecule has 1 aliphatic heterocycles. The van der Waals surface area contributed by atoms with Gasteiger partial charge in [-0.3, -0.25) is 5.32 Å². The van der Waals surface area contributed by atoms with Crippen LogP contribution < -0.4 is 20.4 Å². The van der Waals surface area contributed by atoms with Gasteiger partial charge in [0.1, 0.15) is 0 Å². The van der Waals surface area contributed by atoms with Crippen LogP contribution in [0.25, 0.3) is 60.9 Å². The predicted octanol–water partition coefficient (Wildman–Crippen LogP) is 16.2. The van der Waals surface area contributed by atoms with E-state index in [9.17, 15) is 0 Å². The molecule has 5 nitrogen and oxygen atoms in total. The molecule has 1 aromatic heterocycles. The van der Waals surface area contributed by atoms with Crippen molar-refractivity contribution in [2.75, 3.05) is 21.8 Å². The van der Waals surface area contributed by atoms with Crippen molar-refractivity contribution in [2.45, 2.75) is 6.54 Å².